The predicted molar refractivity (Wildman–Crippen MR) is 353 cm³/mol. The largest absolute Gasteiger partial charge is 0.462 e. The summed E-state index contributed by atoms with van der Waals surface area (Å²) >= 11 is 0. The number of esters is 3. The molecule has 0 N–H and O–H groups in total. The summed E-state index contributed by atoms with van der Waals surface area (Å²) in [7, 11) is 0. The first-order chi connectivity index (χ1) is 40.0. The third-order valence-electron chi connectivity index (χ3n) is 16.6. The van der Waals surface area contributed by atoms with Crippen molar-refractivity contribution in [3.05, 3.63) is 36.5 Å². The summed E-state index contributed by atoms with van der Waals surface area (Å²) in [6.45, 7) is 6.71. The number of ether oxygens (including phenoxy) is 3. The van der Waals surface area contributed by atoms with Crippen molar-refractivity contribution in [1.29, 1.82) is 0 Å². The van der Waals surface area contributed by atoms with Crippen LogP contribution in [0.1, 0.15) is 406 Å². The molecule has 0 radical (unpaired) electrons. The molecule has 0 aliphatic carbocycles. The number of hydrogen-bond acceptors (Lipinski definition) is 6. The second-order valence-corrected chi connectivity index (χ2v) is 24.9. The van der Waals surface area contributed by atoms with Crippen LogP contribution in [0, 0.1) is 0 Å². The van der Waals surface area contributed by atoms with Crippen molar-refractivity contribution in [1.82, 2.24) is 0 Å². The van der Waals surface area contributed by atoms with Gasteiger partial charge in [-0.2, -0.15) is 0 Å². The molecule has 0 aliphatic heterocycles. The number of unbranched alkanes of at least 4 members (excludes halogenated alkanes) is 51. The van der Waals surface area contributed by atoms with Crippen molar-refractivity contribution >= 4 is 17.9 Å². The Morgan fingerprint density at radius 2 is 0.444 bits per heavy atom. The minimum absolute atomic E-state index is 0.0659. The van der Waals surface area contributed by atoms with Crippen molar-refractivity contribution < 1.29 is 28.6 Å². The van der Waals surface area contributed by atoms with Crippen molar-refractivity contribution in [3.8, 4) is 0 Å². The zero-order chi connectivity index (χ0) is 58.5. The average Bonchev–Trinajstić information content (AvgIpc) is 3.46. The van der Waals surface area contributed by atoms with Crippen LogP contribution in [0.25, 0.3) is 0 Å². The van der Waals surface area contributed by atoms with E-state index >= 15 is 0 Å². The molecule has 0 heterocycles. The number of carbonyl (C=O) groups is 3. The Hall–Kier alpha value is -2.37. The molecule has 476 valence electrons. The van der Waals surface area contributed by atoms with Crippen LogP contribution in [-0.4, -0.2) is 37.2 Å². The summed E-state index contributed by atoms with van der Waals surface area (Å²) in [5.74, 6) is -0.835. The van der Waals surface area contributed by atoms with Crippen LogP contribution < -0.4 is 0 Å². The normalized spacial score (nSPS) is 12.2. The summed E-state index contributed by atoms with van der Waals surface area (Å²) in [5, 5.41) is 0. The molecule has 0 fully saturated rings. The lowest BCUT2D eigenvalue weighted by Crippen LogP contribution is -2.30. The van der Waals surface area contributed by atoms with Crippen molar-refractivity contribution in [2.75, 3.05) is 13.2 Å². The summed E-state index contributed by atoms with van der Waals surface area (Å²) in [6.07, 6.45) is 87.5. The highest BCUT2D eigenvalue weighted by molar-refractivity contribution is 5.71. The number of hydrogen-bond donors (Lipinski definition) is 0. The molecule has 0 aromatic carbocycles. The van der Waals surface area contributed by atoms with Gasteiger partial charge in [-0.15, -0.1) is 0 Å². The average molecular weight is 1140 g/mol. The van der Waals surface area contributed by atoms with Crippen LogP contribution in [0.4, 0.5) is 0 Å². The first kappa shape index (κ1) is 78.6. The minimum Gasteiger partial charge on any atom is -0.462 e. The number of carbonyl (C=O) groups excluding carboxylic acids is 3. The Balaban J connectivity index is 4.22. The van der Waals surface area contributed by atoms with E-state index in [1.165, 1.54) is 295 Å². The van der Waals surface area contributed by atoms with Gasteiger partial charge in [0.2, 0.25) is 0 Å². The highest BCUT2D eigenvalue weighted by atomic mass is 16.6. The smallest absolute Gasteiger partial charge is 0.306 e. The molecule has 81 heavy (non-hydrogen) atoms. The maximum atomic E-state index is 13.0. The van der Waals surface area contributed by atoms with Gasteiger partial charge in [0, 0.05) is 19.3 Å². The summed E-state index contributed by atoms with van der Waals surface area (Å²) in [5.41, 5.74) is 0. The standard InChI is InChI=1S/C75H140O6/c1-4-7-10-13-16-19-22-25-27-29-31-33-35-36-37-38-40-41-43-45-47-50-53-56-59-62-65-68-74(77)80-71-72(70-79-73(76)67-64-61-58-55-52-49-24-21-18-15-12-9-6-3)81-75(78)69-66-63-60-57-54-51-48-46-44-42-39-34-32-30-28-26-23-20-17-14-11-8-5-2/h22,25,29,31,35-36,72H,4-21,23-24,26-28,30,32-34,37-71H2,1-3H3/b25-22-,31-29-,36-35-. The number of allylic oxidation sites excluding steroid dienone is 6. The van der Waals surface area contributed by atoms with Gasteiger partial charge in [0.25, 0.3) is 0 Å². The Labute approximate surface area is 506 Å². The fourth-order valence-electron chi connectivity index (χ4n) is 11.2. The zero-order valence-electron chi connectivity index (χ0n) is 54.8. The maximum Gasteiger partial charge on any atom is 0.306 e. The minimum atomic E-state index is -0.770. The first-order valence-corrected chi connectivity index (χ1v) is 36.5. The van der Waals surface area contributed by atoms with Crippen LogP contribution in [0.5, 0.6) is 0 Å². The molecule has 6 nitrogen and oxygen atoms in total. The maximum absolute atomic E-state index is 13.0. The summed E-state index contributed by atoms with van der Waals surface area (Å²) < 4.78 is 17.0. The van der Waals surface area contributed by atoms with Crippen molar-refractivity contribution in [2.45, 2.75) is 412 Å². The topological polar surface area (TPSA) is 78.9 Å². The Morgan fingerprint density at radius 3 is 0.691 bits per heavy atom. The van der Waals surface area contributed by atoms with E-state index in [0.717, 1.165) is 70.6 Å². The monoisotopic (exact) mass is 1140 g/mol. The van der Waals surface area contributed by atoms with Gasteiger partial charge in [0.1, 0.15) is 13.2 Å². The molecule has 0 saturated carbocycles. The lowest BCUT2D eigenvalue weighted by Gasteiger charge is -2.18. The quantitative estimate of drug-likeness (QED) is 0.0261. The van der Waals surface area contributed by atoms with E-state index < -0.39 is 6.10 Å². The fourth-order valence-corrected chi connectivity index (χ4v) is 11.2. The van der Waals surface area contributed by atoms with Crippen molar-refractivity contribution in [3.63, 3.8) is 0 Å². The van der Waals surface area contributed by atoms with Crippen LogP contribution in [0.2, 0.25) is 0 Å². The molecule has 0 rings (SSSR count). The van der Waals surface area contributed by atoms with Gasteiger partial charge >= 0.3 is 17.9 Å². The van der Waals surface area contributed by atoms with Gasteiger partial charge in [-0.3, -0.25) is 14.4 Å². The molecule has 0 spiro atoms. The third-order valence-corrected chi connectivity index (χ3v) is 16.6. The summed E-state index contributed by atoms with van der Waals surface area (Å²) in [4.78, 5) is 38.5. The molecule has 0 amide bonds. The molecule has 0 aliphatic rings. The Morgan fingerprint density at radius 1 is 0.247 bits per heavy atom. The Bertz CT molecular complexity index is 1350. The fraction of sp³-hybridized carbons (Fsp3) is 0.880. The van der Waals surface area contributed by atoms with Crippen LogP contribution in [-0.2, 0) is 28.6 Å². The van der Waals surface area contributed by atoms with E-state index in [1.807, 2.05) is 0 Å². The van der Waals surface area contributed by atoms with E-state index in [1.54, 1.807) is 0 Å². The van der Waals surface area contributed by atoms with Gasteiger partial charge in [-0.05, 0) is 57.8 Å². The van der Waals surface area contributed by atoms with Crippen LogP contribution in [0.3, 0.4) is 0 Å². The highest BCUT2D eigenvalue weighted by Crippen LogP contribution is 2.19. The van der Waals surface area contributed by atoms with Crippen LogP contribution in [0.15, 0.2) is 36.5 Å². The molecular formula is C75H140O6. The molecule has 0 bridgehead atoms. The third kappa shape index (κ3) is 68.3. The Kier molecular flexibility index (Phi) is 68.1. The molecule has 0 aromatic rings. The molecule has 0 saturated heterocycles. The molecular weight excluding hydrogens is 997 g/mol. The predicted octanol–water partition coefficient (Wildman–Crippen LogP) is 25.1. The van der Waals surface area contributed by atoms with Gasteiger partial charge in [-0.25, -0.2) is 0 Å². The van der Waals surface area contributed by atoms with Gasteiger partial charge in [-0.1, -0.05) is 365 Å². The highest BCUT2D eigenvalue weighted by Gasteiger charge is 2.19. The lowest BCUT2D eigenvalue weighted by atomic mass is 10.0. The van der Waals surface area contributed by atoms with E-state index in [-0.39, 0.29) is 31.1 Å². The summed E-state index contributed by atoms with van der Waals surface area (Å²) in [6, 6.07) is 0. The second-order valence-electron chi connectivity index (χ2n) is 24.9. The molecule has 6 heteroatoms. The number of rotatable bonds is 68. The van der Waals surface area contributed by atoms with E-state index in [2.05, 4.69) is 57.2 Å². The van der Waals surface area contributed by atoms with E-state index in [0.29, 0.717) is 19.3 Å². The second kappa shape index (κ2) is 70.1. The van der Waals surface area contributed by atoms with Gasteiger partial charge in [0.05, 0.1) is 0 Å². The molecule has 1 atom stereocenters. The van der Waals surface area contributed by atoms with Gasteiger partial charge in [0.15, 0.2) is 6.10 Å². The SMILES string of the molecule is CCCCCCC/C=C\C/C=C\C/C=C\CCCCCCCCCCCCCCC(=O)OCC(COC(=O)CCCCCCCCCCCCCCC)OC(=O)CCCCCCCCCCCCCCCCCCCCCCCCC. The molecule has 1 unspecified atom stereocenters. The molecule has 0 aromatic heterocycles. The lowest BCUT2D eigenvalue weighted by molar-refractivity contribution is -0.167. The zero-order valence-corrected chi connectivity index (χ0v) is 54.8. The van der Waals surface area contributed by atoms with Gasteiger partial charge < -0.3 is 14.2 Å². The van der Waals surface area contributed by atoms with E-state index in [9.17, 15) is 14.4 Å². The van der Waals surface area contributed by atoms with Crippen LogP contribution >= 0.6 is 0 Å². The first-order valence-electron chi connectivity index (χ1n) is 36.5. The van der Waals surface area contributed by atoms with E-state index in [4.69, 9.17) is 14.2 Å². The van der Waals surface area contributed by atoms with Crippen molar-refractivity contribution in [2.24, 2.45) is 0 Å².